The summed E-state index contributed by atoms with van der Waals surface area (Å²) < 4.78 is 5.92. The molecule has 0 saturated heterocycles. The molecule has 2 aromatic carbocycles. The minimum atomic E-state index is -1.79. The highest BCUT2D eigenvalue weighted by molar-refractivity contribution is 6.71. The predicted molar refractivity (Wildman–Crippen MR) is 108 cm³/mol. The number of phenolic OH excluding ortho intramolecular Hbond substituents is 2. The lowest BCUT2D eigenvalue weighted by Crippen LogP contribution is -2.44. The van der Waals surface area contributed by atoms with Crippen LogP contribution in [0.1, 0.15) is 0 Å². The Morgan fingerprint density at radius 2 is 1.22 bits per heavy atom. The summed E-state index contributed by atoms with van der Waals surface area (Å²) in [6.45, 7) is 0. The zero-order valence-corrected chi connectivity index (χ0v) is 13.8. The van der Waals surface area contributed by atoms with Crippen molar-refractivity contribution in [3.8, 4) is 11.5 Å². The number of fused-ring (bicyclic) bond motifs is 3. The summed E-state index contributed by atoms with van der Waals surface area (Å²) in [4.78, 5) is 0. The fourth-order valence-electron chi connectivity index (χ4n) is 3.29. The van der Waals surface area contributed by atoms with Gasteiger partial charge in [-0.25, -0.2) is 0 Å². The van der Waals surface area contributed by atoms with Crippen molar-refractivity contribution in [3.63, 3.8) is 0 Å². The molecule has 0 aliphatic heterocycles. The molecule has 0 atom stereocenters. The highest BCUT2D eigenvalue weighted by Crippen LogP contribution is 2.31. The first kappa shape index (κ1) is 16.0. The second-order valence-corrected chi connectivity index (χ2v) is 6.12. The molecule has 5 nitrogen and oxygen atoms in total. The van der Waals surface area contributed by atoms with Crippen LogP contribution in [-0.4, -0.2) is 66.6 Å². The Balaban J connectivity index is 2.74. The zero-order valence-electron chi connectivity index (χ0n) is 13.8. The minimum absolute atomic E-state index is 0.0368. The third kappa shape index (κ3) is 1.96. The highest BCUT2D eigenvalue weighted by Gasteiger charge is 2.28. The monoisotopic (exact) mass is 304 g/mol. The van der Waals surface area contributed by atoms with Crippen molar-refractivity contribution in [2.75, 3.05) is 0 Å². The summed E-state index contributed by atoms with van der Waals surface area (Å²) in [5.74, 6) is 0.0264. The lowest BCUT2D eigenvalue weighted by atomic mass is 9.66. The van der Waals surface area contributed by atoms with Gasteiger partial charge >= 0.3 is 7.12 Å². The minimum Gasteiger partial charge on any atom is -0.509 e. The van der Waals surface area contributed by atoms with E-state index in [1.807, 2.05) is 23.5 Å². The molecule has 3 aromatic rings. The normalized spacial score (nSPS) is 11.4. The average Bonchev–Trinajstić information content (AvgIpc) is 2.88. The maximum Gasteiger partial charge on any atom is 0.488 e. The SMILES string of the molecule is Bc1c(B)c(O)c2c(oc3c(B)c(O)c(B)c(B(O)O)c32)c1B. The molecule has 0 saturated carbocycles. The summed E-state index contributed by atoms with van der Waals surface area (Å²) in [6.07, 6.45) is 0. The van der Waals surface area contributed by atoms with Crippen LogP contribution in [0, 0.1) is 0 Å². The molecule has 0 radical (unpaired) electrons. The number of aromatic hydroxyl groups is 2. The Morgan fingerprint density at radius 1 is 0.652 bits per heavy atom. The first-order valence-corrected chi connectivity index (χ1v) is 7.41. The van der Waals surface area contributed by atoms with Gasteiger partial charge in [-0.05, 0) is 16.4 Å². The Morgan fingerprint density at radius 3 is 1.78 bits per heavy atom. The van der Waals surface area contributed by atoms with E-state index in [1.54, 1.807) is 15.7 Å². The van der Waals surface area contributed by atoms with Crippen molar-refractivity contribution >= 4 is 101 Å². The fourth-order valence-corrected chi connectivity index (χ4v) is 3.29. The summed E-state index contributed by atoms with van der Waals surface area (Å²) in [7, 11) is 7.13. The van der Waals surface area contributed by atoms with E-state index in [0.717, 1.165) is 16.4 Å². The summed E-state index contributed by atoms with van der Waals surface area (Å²) in [5.41, 5.74) is 4.39. The van der Waals surface area contributed by atoms with E-state index >= 15 is 0 Å². The molecule has 1 heterocycles. The van der Waals surface area contributed by atoms with Crippen molar-refractivity contribution in [2.24, 2.45) is 0 Å². The third-order valence-corrected chi connectivity index (χ3v) is 4.95. The zero-order chi connectivity index (χ0) is 17.2. The Hall–Kier alpha value is -1.85. The smallest absolute Gasteiger partial charge is 0.488 e. The molecule has 3 rings (SSSR count). The van der Waals surface area contributed by atoms with Crippen molar-refractivity contribution in [1.82, 2.24) is 0 Å². The van der Waals surface area contributed by atoms with E-state index in [0.29, 0.717) is 32.9 Å². The van der Waals surface area contributed by atoms with Crippen molar-refractivity contribution < 1.29 is 24.7 Å². The van der Waals surface area contributed by atoms with Crippen LogP contribution in [0.15, 0.2) is 4.42 Å². The molecule has 0 aliphatic carbocycles. The maximum absolute atomic E-state index is 10.6. The van der Waals surface area contributed by atoms with Gasteiger partial charge in [0, 0.05) is 5.39 Å². The highest BCUT2D eigenvalue weighted by atomic mass is 16.4. The molecule has 1 aromatic heterocycles. The molecule has 0 aliphatic rings. The van der Waals surface area contributed by atoms with Gasteiger partial charge in [0.15, 0.2) is 0 Å². The second-order valence-electron chi connectivity index (χ2n) is 6.12. The maximum atomic E-state index is 10.6. The average molecular weight is 303 g/mol. The quantitative estimate of drug-likeness (QED) is 0.335. The van der Waals surface area contributed by atoms with Crippen molar-refractivity contribution in [3.05, 3.63) is 0 Å². The van der Waals surface area contributed by atoms with E-state index in [-0.39, 0.29) is 17.0 Å². The first-order chi connectivity index (χ1) is 10.7. The summed E-state index contributed by atoms with van der Waals surface area (Å²) in [6, 6.07) is 0. The number of rotatable bonds is 1. The topological polar surface area (TPSA) is 94.1 Å². The molecule has 0 spiro atoms. The summed E-state index contributed by atoms with van der Waals surface area (Å²) >= 11 is 0. The molecule has 0 amide bonds. The molecule has 0 unspecified atom stereocenters. The van der Waals surface area contributed by atoms with Gasteiger partial charge < -0.3 is 24.7 Å². The Bertz CT molecular complexity index is 980. The van der Waals surface area contributed by atoms with E-state index in [4.69, 9.17) is 4.42 Å². The molecule has 23 heavy (non-hydrogen) atoms. The fraction of sp³-hybridized carbons (Fsp3) is 0. The van der Waals surface area contributed by atoms with Gasteiger partial charge in [-0.15, -0.1) is 0 Å². The first-order valence-electron chi connectivity index (χ1n) is 7.41. The van der Waals surface area contributed by atoms with Crippen LogP contribution in [0.3, 0.4) is 0 Å². The number of benzene rings is 2. The molecular formula is C12H14B6O5. The Labute approximate surface area is 137 Å². The Kier molecular flexibility index (Phi) is 3.54. The predicted octanol–water partition coefficient (Wildman–Crippen LogP) is -8.03. The van der Waals surface area contributed by atoms with Crippen LogP contribution in [-0.2, 0) is 0 Å². The number of phenols is 2. The molecular weight excluding hydrogens is 289 g/mol. The lowest BCUT2D eigenvalue weighted by Gasteiger charge is -2.13. The largest absolute Gasteiger partial charge is 0.509 e. The van der Waals surface area contributed by atoms with Gasteiger partial charge in [0.1, 0.15) is 61.9 Å². The standard InChI is InChI=1S/C12H14B6O5/c13-3-4(14)9(19)2-1-8(18(21)22)6(16)10(20)7(17)11(1)23-12(2)5(3)15/h19-22H,13-17H2. The van der Waals surface area contributed by atoms with Crippen LogP contribution in [0.4, 0.5) is 0 Å². The van der Waals surface area contributed by atoms with Gasteiger partial charge in [0.2, 0.25) is 0 Å². The number of hydrogen-bond acceptors (Lipinski definition) is 5. The van der Waals surface area contributed by atoms with Gasteiger partial charge in [0.05, 0.1) is 5.39 Å². The molecule has 11 heteroatoms. The van der Waals surface area contributed by atoms with E-state index in [9.17, 15) is 20.3 Å². The van der Waals surface area contributed by atoms with Gasteiger partial charge in [-0.1, -0.05) is 16.4 Å². The molecule has 110 valence electrons. The molecule has 0 bridgehead atoms. The van der Waals surface area contributed by atoms with Crippen LogP contribution < -0.4 is 32.8 Å². The second kappa shape index (κ2) is 5.08. The van der Waals surface area contributed by atoms with Crippen molar-refractivity contribution in [1.29, 1.82) is 0 Å². The lowest BCUT2D eigenvalue weighted by molar-refractivity contribution is 0.426. The van der Waals surface area contributed by atoms with E-state index in [2.05, 4.69) is 0 Å². The van der Waals surface area contributed by atoms with E-state index in [1.165, 1.54) is 0 Å². The number of hydrogen-bond donors (Lipinski definition) is 4. The van der Waals surface area contributed by atoms with Crippen LogP contribution in [0.5, 0.6) is 11.5 Å². The van der Waals surface area contributed by atoms with Crippen LogP contribution in [0.2, 0.25) is 0 Å². The van der Waals surface area contributed by atoms with Crippen molar-refractivity contribution in [2.45, 2.75) is 0 Å². The molecule has 0 fully saturated rings. The van der Waals surface area contributed by atoms with Gasteiger partial charge in [-0.2, -0.15) is 0 Å². The number of furan rings is 1. The summed E-state index contributed by atoms with van der Waals surface area (Å²) in [5, 5.41) is 41.4. The molecule has 4 N–H and O–H groups in total. The van der Waals surface area contributed by atoms with Gasteiger partial charge in [0.25, 0.3) is 0 Å². The van der Waals surface area contributed by atoms with E-state index < -0.39 is 7.12 Å². The van der Waals surface area contributed by atoms with Crippen LogP contribution in [0.25, 0.3) is 21.9 Å². The van der Waals surface area contributed by atoms with Crippen LogP contribution >= 0.6 is 0 Å². The third-order valence-electron chi connectivity index (χ3n) is 4.95. The van der Waals surface area contributed by atoms with Gasteiger partial charge in [-0.3, -0.25) is 0 Å².